The van der Waals surface area contributed by atoms with Gasteiger partial charge in [0, 0.05) is 36.0 Å². The monoisotopic (exact) mass is 222 g/mol. The fourth-order valence-corrected chi connectivity index (χ4v) is 2.31. The topological polar surface area (TPSA) is 25.2 Å². The van der Waals surface area contributed by atoms with E-state index in [1.54, 1.807) is 0 Å². The summed E-state index contributed by atoms with van der Waals surface area (Å²) >= 11 is 0. The molecule has 1 aromatic carbocycles. The molecule has 0 unspecified atom stereocenters. The van der Waals surface area contributed by atoms with Gasteiger partial charge in [0.05, 0.1) is 5.71 Å². The lowest BCUT2D eigenvalue weighted by Gasteiger charge is -2.22. The quantitative estimate of drug-likeness (QED) is 0.728. The molecule has 0 amide bonds. The van der Waals surface area contributed by atoms with Gasteiger partial charge in [-0.2, -0.15) is 0 Å². The molecule has 1 aromatic heterocycles. The minimum Gasteiger partial charge on any atom is -0.283 e. The van der Waals surface area contributed by atoms with Crippen molar-refractivity contribution in [1.29, 1.82) is 0 Å². The first-order valence-corrected chi connectivity index (χ1v) is 5.90. The predicted molar refractivity (Wildman–Crippen MR) is 69.6 cm³/mol. The molecule has 0 fully saturated rings. The smallest absolute Gasteiger partial charge is 0.0723 e. The van der Waals surface area contributed by atoms with Gasteiger partial charge in [-0.05, 0) is 17.7 Å². The zero-order chi connectivity index (χ0) is 11.7. The zero-order valence-corrected chi connectivity index (χ0v) is 9.80. The molecule has 1 atom stereocenters. The molecule has 2 heteroatoms. The maximum Gasteiger partial charge on any atom is 0.0723 e. The third-order valence-electron chi connectivity index (χ3n) is 3.22. The van der Waals surface area contributed by atoms with Crippen LogP contribution in [0.5, 0.6) is 0 Å². The number of rotatable bonds is 1. The maximum atomic E-state index is 4.71. The first-order valence-electron chi connectivity index (χ1n) is 5.90. The van der Waals surface area contributed by atoms with Gasteiger partial charge in [0.15, 0.2) is 0 Å². The lowest BCUT2D eigenvalue weighted by molar-refractivity contribution is 0.761. The van der Waals surface area contributed by atoms with Crippen LogP contribution in [0.25, 0.3) is 0 Å². The van der Waals surface area contributed by atoms with Gasteiger partial charge in [0.25, 0.3) is 0 Å². The van der Waals surface area contributed by atoms with Crippen LogP contribution in [0.3, 0.4) is 0 Å². The highest BCUT2D eigenvalue weighted by atomic mass is 14.8. The molecule has 2 heterocycles. The number of benzene rings is 1. The third-order valence-corrected chi connectivity index (χ3v) is 3.22. The first kappa shape index (κ1) is 10.2. The average Bonchev–Trinajstić information content (AvgIpc) is 2.41. The molecule has 0 saturated heterocycles. The highest BCUT2D eigenvalue weighted by molar-refractivity contribution is 6.14. The number of aliphatic imine (C=N–C) groups is 1. The molecule has 0 spiro atoms. The Kier molecular flexibility index (Phi) is 2.48. The standard InChI is InChI=1S/C15H14N2/c1-11-10-17-15(12-6-8-16-9-7-12)14-5-3-2-4-13(11)14/h2-9,11H,10H2,1H3/t11-/m0/s1. The molecular weight excluding hydrogens is 208 g/mol. The third kappa shape index (κ3) is 1.76. The van der Waals surface area contributed by atoms with Crippen LogP contribution in [-0.4, -0.2) is 17.2 Å². The van der Waals surface area contributed by atoms with Crippen molar-refractivity contribution >= 4 is 5.71 Å². The van der Waals surface area contributed by atoms with E-state index in [0.717, 1.165) is 17.8 Å². The Labute approximate surface area is 101 Å². The second kappa shape index (κ2) is 4.13. The van der Waals surface area contributed by atoms with Gasteiger partial charge >= 0.3 is 0 Å². The summed E-state index contributed by atoms with van der Waals surface area (Å²) in [5.74, 6) is 0.511. The van der Waals surface area contributed by atoms with Gasteiger partial charge in [-0.15, -0.1) is 0 Å². The highest BCUT2D eigenvalue weighted by Crippen LogP contribution is 2.27. The number of hydrogen-bond donors (Lipinski definition) is 0. The summed E-state index contributed by atoms with van der Waals surface area (Å²) in [6, 6.07) is 12.6. The van der Waals surface area contributed by atoms with E-state index in [2.05, 4.69) is 36.2 Å². The van der Waals surface area contributed by atoms with Crippen LogP contribution in [0.1, 0.15) is 29.5 Å². The van der Waals surface area contributed by atoms with Gasteiger partial charge in [0.1, 0.15) is 0 Å². The number of nitrogens with zero attached hydrogens (tertiary/aromatic N) is 2. The summed E-state index contributed by atoms with van der Waals surface area (Å²) in [5, 5.41) is 0. The van der Waals surface area contributed by atoms with E-state index in [4.69, 9.17) is 4.99 Å². The van der Waals surface area contributed by atoms with Crippen molar-refractivity contribution in [2.24, 2.45) is 4.99 Å². The molecule has 17 heavy (non-hydrogen) atoms. The summed E-state index contributed by atoms with van der Waals surface area (Å²) in [6.45, 7) is 3.10. The Bertz CT molecular complexity index is 558. The second-order valence-electron chi connectivity index (χ2n) is 4.41. The van der Waals surface area contributed by atoms with Crippen LogP contribution in [0.4, 0.5) is 0 Å². The van der Waals surface area contributed by atoms with Crippen molar-refractivity contribution in [2.75, 3.05) is 6.54 Å². The largest absolute Gasteiger partial charge is 0.283 e. The minimum absolute atomic E-state index is 0.511. The number of pyridine rings is 1. The molecule has 0 saturated carbocycles. The van der Waals surface area contributed by atoms with E-state index < -0.39 is 0 Å². The summed E-state index contributed by atoms with van der Waals surface area (Å²) in [5.41, 5.74) is 4.91. The van der Waals surface area contributed by atoms with Gasteiger partial charge < -0.3 is 0 Å². The maximum absolute atomic E-state index is 4.71. The van der Waals surface area contributed by atoms with Crippen LogP contribution in [0.2, 0.25) is 0 Å². The molecule has 0 bridgehead atoms. The van der Waals surface area contributed by atoms with E-state index in [-0.39, 0.29) is 0 Å². The summed E-state index contributed by atoms with van der Waals surface area (Å²) in [4.78, 5) is 8.77. The first-order chi connectivity index (χ1) is 8.36. The van der Waals surface area contributed by atoms with Crippen LogP contribution in [0.15, 0.2) is 53.8 Å². The lowest BCUT2D eigenvalue weighted by atomic mass is 9.88. The molecule has 0 N–H and O–H groups in total. The van der Waals surface area contributed by atoms with Gasteiger partial charge in [-0.1, -0.05) is 31.2 Å². The van der Waals surface area contributed by atoms with E-state index in [9.17, 15) is 0 Å². The fraction of sp³-hybridized carbons (Fsp3) is 0.200. The number of aromatic nitrogens is 1. The molecule has 84 valence electrons. The molecule has 0 radical (unpaired) electrons. The number of hydrogen-bond acceptors (Lipinski definition) is 2. The van der Waals surface area contributed by atoms with E-state index in [1.807, 2.05) is 24.5 Å². The van der Waals surface area contributed by atoms with Gasteiger partial charge in [-0.3, -0.25) is 9.98 Å². The van der Waals surface area contributed by atoms with Crippen LogP contribution >= 0.6 is 0 Å². The molecule has 1 aliphatic rings. The fourth-order valence-electron chi connectivity index (χ4n) is 2.31. The summed E-state index contributed by atoms with van der Waals surface area (Å²) in [7, 11) is 0. The molecule has 3 rings (SSSR count). The van der Waals surface area contributed by atoms with Crippen LogP contribution in [-0.2, 0) is 0 Å². The summed E-state index contributed by atoms with van der Waals surface area (Å²) < 4.78 is 0. The van der Waals surface area contributed by atoms with E-state index in [0.29, 0.717) is 5.92 Å². The highest BCUT2D eigenvalue weighted by Gasteiger charge is 2.19. The Morgan fingerprint density at radius 3 is 2.65 bits per heavy atom. The zero-order valence-electron chi connectivity index (χ0n) is 9.80. The second-order valence-corrected chi connectivity index (χ2v) is 4.41. The van der Waals surface area contributed by atoms with Crippen molar-refractivity contribution in [3.8, 4) is 0 Å². The van der Waals surface area contributed by atoms with Crippen molar-refractivity contribution in [2.45, 2.75) is 12.8 Å². The normalized spacial score (nSPS) is 18.4. The van der Waals surface area contributed by atoms with Gasteiger partial charge in [-0.25, -0.2) is 0 Å². The van der Waals surface area contributed by atoms with E-state index >= 15 is 0 Å². The van der Waals surface area contributed by atoms with Crippen molar-refractivity contribution < 1.29 is 0 Å². The Morgan fingerprint density at radius 1 is 1.06 bits per heavy atom. The molecule has 0 aliphatic carbocycles. The van der Waals surface area contributed by atoms with Crippen molar-refractivity contribution in [3.05, 3.63) is 65.5 Å². The molecular formula is C15H14N2. The summed E-state index contributed by atoms with van der Waals surface area (Å²) in [6.07, 6.45) is 3.64. The predicted octanol–water partition coefficient (Wildman–Crippen LogP) is 3.04. The molecule has 1 aliphatic heterocycles. The molecule has 2 aromatic rings. The minimum atomic E-state index is 0.511. The van der Waals surface area contributed by atoms with Crippen molar-refractivity contribution in [3.63, 3.8) is 0 Å². The Balaban J connectivity index is 2.14. The van der Waals surface area contributed by atoms with Gasteiger partial charge in [0.2, 0.25) is 0 Å². The van der Waals surface area contributed by atoms with E-state index in [1.165, 1.54) is 11.1 Å². The van der Waals surface area contributed by atoms with Crippen LogP contribution in [0, 0.1) is 0 Å². The lowest BCUT2D eigenvalue weighted by Crippen LogP contribution is -2.16. The molecule has 2 nitrogen and oxygen atoms in total. The average molecular weight is 222 g/mol. The number of fused-ring (bicyclic) bond motifs is 1. The Hall–Kier alpha value is -1.96. The SMILES string of the molecule is C[C@H]1CN=C(c2ccncc2)c2ccccc21. The van der Waals surface area contributed by atoms with Crippen LogP contribution < -0.4 is 0 Å². The van der Waals surface area contributed by atoms with Crippen molar-refractivity contribution in [1.82, 2.24) is 4.98 Å². The Morgan fingerprint density at radius 2 is 1.82 bits per heavy atom.